The van der Waals surface area contributed by atoms with Gasteiger partial charge in [0.05, 0.1) is 25.4 Å². The van der Waals surface area contributed by atoms with E-state index in [1.54, 1.807) is 6.08 Å². The van der Waals surface area contributed by atoms with E-state index in [-0.39, 0.29) is 19.4 Å². The van der Waals surface area contributed by atoms with Gasteiger partial charge in [-0.25, -0.2) is 0 Å². The lowest BCUT2D eigenvalue weighted by atomic mass is 9.99. The van der Waals surface area contributed by atoms with E-state index in [2.05, 4.69) is 32.2 Å². The minimum absolute atomic E-state index is 0.118. The monoisotopic (exact) mass is 972 g/mol. The third kappa shape index (κ3) is 35.0. The Bertz CT molecular complexity index is 1390. The van der Waals surface area contributed by atoms with E-state index in [9.17, 15) is 35.1 Å². The number of esters is 1. The molecule has 1 fully saturated rings. The van der Waals surface area contributed by atoms with E-state index in [4.69, 9.17) is 14.2 Å². The summed E-state index contributed by atoms with van der Waals surface area (Å²) < 4.78 is 17.5. The summed E-state index contributed by atoms with van der Waals surface area (Å²) in [5.74, 6) is -1.24. The van der Waals surface area contributed by atoms with Crippen molar-refractivity contribution in [3.8, 4) is 0 Å². The minimum atomic E-state index is -1.62. The molecule has 8 atom stereocenters. The molecule has 11 heteroatoms. The molecule has 69 heavy (non-hydrogen) atoms. The third-order valence-corrected chi connectivity index (χ3v) is 12.8. The molecule has 1 rings (SSSR count). The number of ether oxygens (including phenoxy) is 3. The summed E-state index contributed by atoms with van der Waals surface area (Å²) in [7, 11) is 0. The predicted octanol–water partition coefficient (Wildman–Crippen LogP) is 12.1. The Balaban J connectivity index is 2.77. The van der Waals surface area contributed by atoms with Crippen molar-refractivity contribution >= 4 is 11.9 Å². The van der Waals surface area contributed by atoms with Crippen LogP contribution in [0.25, 0.3) is 0 Å². The van der Waals surface area contributed by atoms with Crippen LogP contribution in [0.4, 0.5) is 0 Å². The standard InChI is InChI=1S/C58H101NO10/c1-4-7-10-13-16-19-22-24-26-28-31-34-37-40-43-46-53(63)69-56-55(65)54(64)52(47-60)68-58(56)67-48-49(50(61)44-41-38-35-32-29-21-18-15-12-9-6-3)59-57(66)51(62)45-42-39-36-33-30-27-25-23-20-17-14-11-8-5-2/h8,11,14,17,20,23,25,27,30,33,41,44,49-52,54-56,58,60-62,64-65H,4-7,9-10,12-13,15-16,18-19,21-22,24,26,28-29,31-32,34-40,42-43,45-48H2,1-3H3,(H,59,66)/b11-8+,17-14+,23-20-,27-25-,33-30+,44-41+. The molecule has 8 unspecified atom stereocenters. The molecule has 0 aromatic carbocycles. The number of rotatable bonds is 45. The van der Waals surface area contributed by atoms with Gasteiger partial charge in [0.2, 0.25) is 5.91 Å². The number of carbonyl (C=O) groups excluding carboxylic acids is 2. The molecule has 1 aliphatic heterocycles. The lowest BCUT2D eigenvalue weighted by molar-refractivity contribution is -0.305. The number of amides is 1. The van der Waals surface area contributed by atoms with Crippen LogP contribution in [0.5, 0.6) is 0 Å². The fraction of sp³-hybridized carbons (Fsp3) is 0.759. The molecule has 1 aliphatic rings. The molecule has 1 saturated heterocycles. The molecule has 0 aromatic rings. The highest BCUT2D eigenvalue weighted by Crippen LogP contribution is 2.26. The molecular formula is C58H101NO10. The summed E-state index contributed by atoms with van der Waals surface area (Å²) in [6, 6.07) is -1.05. The van der Waals surface area contributed by atoms with E-state index in [1.165, 1.54) is 109 Å². The first kappa shape index (κ1) is 64.1. The molecule has 0 aromatic heterocycles. The van der Waals surface area contributed by atoms with Crippen LogP contribution in [0.15, 0.2) is 72.9 Å². The largest absolute Gasteiger partial charge is 0.454 e. The summed E-state index contributed by atoms with van der Waals surface area (Å²) >= 11 is 0. The van der Waals surface area contributed by atoms with Crippen molar-refractivity contribution in [3.05, 3.63) is 72.9 Å². The van der Waals surface area contributed by atoms with Crippen LogP contribution in [0, 0.1) is 0 Å². The van der Waals surface area contributed by atoms with Crippen LogP contribution in [0.1, 0.15) is 220 Å². The molecule has 0 bridgehead atoms. The van der Waals surface area contributed by atoms with Gasteiger partial charge in [0.25, 0.3) is 0 Å². The maximum absolute atomic E-state index is 13.3. The van der Waals surface area contributed by atoms with Crippen molar-refractivity contribution in [3.63, 3.8) is 0 Å². The second-order valence-corrected chi connectivity index (χ2v) is 19.1. The quantitative estimate of drug-likeness (QED) is 0.0149. The van der Waals surface area contributed by atoms with Crippen molar-refractivity contribution in [2.75, 3.05) is 13.2 Å². The highest BCUT2D eigenvalue weighted by atomic mass is 16.7. The van der Waals surface area contributed by atoms with Crippen LogP contribution < -0.4 is 5.32 Å². The molecule has 0 saturated carbocycles. The number of unbranched alkanes of at least 4 members (excludes halogenated alkanes) is 25. The first-order valence-corrected chi connectivity index (χ1v) is 27.8. The van der Waals surface area contributed by atoms with Gasteiger partial charge in [-0.1, -0.05) is 241 Å². The molecule has 0 spiro atoms. The second kappa shape index (κ2) is 46.2. The van der Waals surface area contributed by atoms with Crippen LogP contribution in [0.2, 0.25) is 0 Å². The van der Waals surface area contributed by atoms with Gasteiger partial charge in [-0.3, -0.25) is 9.59 Å². The summed E-state index contributed by atoms with van der Waals surface area (Å²) in [6.45, 7) is 5.59. The van der Waals surface area contributed by atoms with Crippen LogP contribution >= 0.6 is 0 Å². The van der Waals surface area contributed by atoms with E-state index in [1.807, 2.05) is 60.8 Å². The lowest BCUT2D eigenvalue weighted by Gasteiger charge is -2.41. The highest BCUT2D eigenvalue weighted by Gasteiger charge is 2.47. The van der Waals surface area contributed by atoms with Crippen molar-refractivity contribution in [1.82, 2.24) is 5.32 Å². The van der Waals surface area contributed by atoms with Gasteiger partial charge in [0.1, 0.15) is 24.4 Å². The fourth-order valence-electron chi connectivity index (χ4n) is 8.32. The first-order chi connectivity index (χ1) is 33.7. The van der Waals surface area contributed by atoms with E-state index < -0.39 is 67.4 Å². The molecule has 1 amide bonds. The number of carbonyl (C=O) groups is 2. The normalized spacial score (nSPS) is 20.4. The van der Waals surface area contributed by atoms with Gasteiger partial charge in [0, 0.05) is 6.42 Å². The first-order valence-electron chi connectivity index (χ1n) is 27.8. The zero-order valence-corrected chi connectivity index (χ0v) is 43.7. The predicted molar refractivity (Wildman–Crippen MR) is 283 cm³/mol. The van der Waals surface area contributed by atoms with Crippen LogP contribution in [-0.4, -0.2) is 99.6 Å². The van der Waals surface area contributed by atoms with E-state index >= 15 is 0 Å². The third-order valence-electron chi connectivity index (χ3n) is 12.8. The van der Waals surface area contributed by atoms with Crippen molar-refractivity contribution in [1.29, 1.82) is 0 Å². The fourth-order valence-corrected chi connectivity index (χ4v) is 8.32. The van der Waals surface area contributed by atoms with E-state index in [0.29, 0.717) is 12.8 Å². The number of nitrogens with one attached hydrogen (secondary N) is 1. The maximum atomic E-state index is 13.3. The van der Waals surface area contributed by atoms with Gasteiger partial charge in [0.15, 0.2) is 12.4 Å². The van der Waals surface area contributed by atoms with E-state index in [0.717, 1.165) is 64.2 Å². The molecule has 398 valence electrons. The van der Waals surface area contributed by atoms with Crippen molar-refractivity contribution < 1.29 is 49.3 Å². The molecule has 0 aliphatic carbocycles. The SMILES string of the molecule is CC/C=C/C=C/C=C\C=C/C=C/CCCCC(O)C(=O)NC(COC1OC(CO)C(O)C(O)C1OC(=O)CCCCCCCCCCCCCCCCC)C(O)/C=C/CCCCCCCCCCC. The average Bonchev–Trinajstić information content (AvgIpc) is 3.34. The molecule has 11 nitrogen and oxygen atoms in total. The van der Waals surface area contributed by atoms with Crippen LogP contribution in [-0.2, 0) is 23.8 Å². The Labute approximate surface area is 420 Å². The second-order valence-electron chi connectivity index (χ2n) is 19.1. The summed E-state index contributed by atoms with van der Waals surface area (Å²) in [6.07, 6.45) is 46.6. The van der Waals surface area contributed by atoms with Crippen LogP contribution in [0.3, 0.4) is 0 Å². The smallest absolute Gasteiger partial charge is 0.306 e. The van der Waals surface area contributed by atoms with Gasteiger partial charge in [-0.05, 0) is 44.9 Å². The highest BCUT2D eigenvalue weighted by molar-refractivity contribution is 5.80. The number of hydrogen-bond donors (Lipinski definition) is 6. The van der Waals surface area contributed by atoms with Gasteiger partial charge in [-0.15, -0.1) is 0 Å². The average molecular weight is 972 g/mol. The Morgan fingerprint density at radius 1 is 0.580 bits per heavy atom. The molecule has 6 N–H and O–H groups in total. The Hall–Kier alpha value is -2.90. The zero-order chi connectivity index (χ0) is 50.4. The molecule has 1 heterocycles. The summed E-state index contributed by atoms with van der Waals surface area (Å²) in [5.41, 5.74) is 0. The molecular weight excluding hydrogens is 871 g/mol. The topological polar surface area (TPSA) is 175 Å². The van der Waals surface area contributed by atoms with Gasteiger partial charge in [-0.2, -0.15) is 0 Å². The maximum Gasteiger partial charge on any atom is 0.306 e. The number of aliphatic hydroxyl groups excluding tert-OH is 5. The Kier molecular flexibility index (Phi) is 42.9. The number of allylic oxidation sites excluding steroid dienone is 11. The van der Waals surface area contributed by atoms with Gasteiger partial charge >= 0.3 is 5.97 Å². The lowest BCUT2D eigenvalue weighted by Crippen LogP contribution is -2.61. The number of aliphatic hydroxyl groups is 5. The summed E-state index contributed by atoms with van der Waals surface area (Å²) in [4.78, 5) is 26.4. The Morgan fingerprint density at radius 2 is 1.04 bits per heavy atom. The minimum Gasteiger partial charge on any atom is -0.454 e. The molecule has 0 radical (unpaired) electrons. The Morgan fingerprint density at radius 3 is 1.57 bits per heavy atom. The zero-order valence-electron chi connectivity index (χ0n) is 43.7. The van der Waals surface area contributed by atoms with Crippen molar-refractivity contribution in [2.45, 2.75) is 269 Å². The summed E-state index contributed by atoms with van der Waals surface area (Å²) in [5, 5.41) is 56.6. The number of hydrogen-bond acceptors (Lipinski definition) is 10. The van der Waals surface area contributed by atoms with Crippen molar-refractivity contribution in [2.24, 2.45) is 0 Å². The van der Waals surface area contributed by atoms with Gasteiger partial charge < -0.3 is 45.1 Å².